The molecule has 1 aliphatic heterocycles. The van der Waals surface area contributed by atoms with Gasteiger partial charge >= 0.3 is 0 Å². The van der Waals surface area contributed by atoms with Crippen LogP contribution in [0.5, 0.6) is 0 Å². The van der Waals surface area contributed by atoms with Crippen LogP contribution < -0.4 is 5.56 Å². The van der Waals surface area contributed by atoms with Gasteiger partial charge in [-0.05, 0) is 24.1 Å². The van der Waals surface area contributed by atoms with E-state index in [4.69, 9.17) is 0 Å². The number of hydrogen-bond acceptors (Lipinski definition) is 4. The molecule has 1 amide bonds. The van der Waals surface area contributed by atoms with Crippen molar-refractivity contribution in [3.63, 3.8) is 0 Å². The quantitative estimate of drug-likeness (QED) is 0.606. The number of nitrogens with zero attached hydrogens (tertiary/aromatic N) is 4. The maximum absolute atomic E-state index is 13.0. The van der Waals surface area contributed by atoms with E-state index < -0.39 is 0 Å². The molecule has 164 valence electrons. The van der Waals surface area contributed by atoms with Crippen LogP contribution in [0.25, 0.3) is 6.08 Å². The summed E-state index contributed by atoms with van der Waals surface area (Å²) in [7, 11) is 0. The zero-order valence-electron chi connectivity index (χ0n) is 18.4. The van der Waals surface area contributed by atoms with Crippen LogP contribution in [0.1, 0.15) is 27.2 Å². The molecule has 1 aliphatic rings. The highest BCUT2D eigenvalue weighted by molar-refractivity contribution is 5.92. The Morgan fingerprint density at radius 1 is 0.938 bits per heavy atom. The lowest BCUT2D eigenvalue weighted by Crippen LogP contribution is -2.49. The lowest BCUT2D eigenvalue weighted by molar-refractivity contribution is 0.0641. The minimum Gasteiger partial charge on any atom is -0.335 e. The number of carbonyl (C=O) groups excluding carboxylic acids is 1. The summed E-state index contributed by atoms with van der Waals surface area (Å²) in [5.74, 6) is -0.123. The van der Waals surface area contributed by atoms with E-state index in [-0.39, 0.29) is 11.5 Å². The number of rotatable bonds is 6. The Hall–Kier alpha value is -3.51. The summed E-state index contributed by atoms with van der Waals surface area (Å²) in [5, 5.41) is 4.36. The number of aryl methyl sites for hydroxylation is 1. The summed E-state index contributed by atoms with van der Waals surface area (Å²) in [6.45, 7) is 6.15. The molecule has 4 rings (SSSR count). The third-order valence-corrected chi connectivity index (χ3v) is 5.67. The van der Waals surface area contributed by atoms with Crippen LogP contribution in [-0.4, -0.2) is 58.2 Å². The van der Waals surface area contributed by atoms with Gasteiger partial charge in [-0.2, -0.15) is 5.10 Å². The number of carbonyl (C=O) groups is 1. The molecule has 0 aliphatic carbocycles. The van der Waals surface area contributed by atoms with Crippen LogP contribution in [-0.2, 0) is 6.54 Å². The fourth-order valence-corrected chi connectivity index (χ4v) is 3.74. The number of benzene rings is 2. The molecule has 6 heteroatoms. The first-order chi connectivity index (χ1) is 15.6. The van der Waals surface area contributed by atoms with Crippen LogP contribution in [0, 0.1) is 6.92 Å². The van der Waals surface area contributed by atoms with E-state index in [9.17, 15) is 9.59 Å². The molecular weight excluding hydrogens is 400 g/mol. The first kappa shape index (κ1) is 21.7. The fraction of sp³-hybridized carbons (Fsp3) is 0.269. The van der Waals surface area contributed by atoms with Crippen LogP contribution in [0.3, 0.4) is 0 Å². The van der Waals surface area contributed by atoms with Gasteiger partial charge in [-0.3, -0.25) is 14.5 Å². The first-order valence-corrected chi connectivity index (χ1v) is 11.0. The van der Waals surface area contributed by atoms with Crippen LogP contribution >= 0.6 is 0 Å². The summed E-state index contributed by atoms with van der Waals surface area (Å²) in [6, 6.07) is 21.2. The van der Waals surface area contributed by atoms with Gasteiger partial charge in [0.25, 0.3) is 11.5 Å². The highest BCUT2D eigenvalue weighted by Gasteiger charge is 2.23. The van der Waals surface area contributed by atoms with Crippen molar-refractivity contribution >= 4 is 12.0 Å². The Kier molecular flexibility index (Phi) is 6.92. The zero-order chi connectivity index (χ0) is 22.3. The Morgan fingerprint density at radius 2 is 1.66 bits per heavy atom. The molecule has 32 heavy (non-hydrogen) atoms. The third-order valence-electron chi connectivity index (χ3n) is 5.67. The molecule has 0 saturated carbocycles. The van der Waals surface area contributed by atoms with Gasteiger partial charge in [-0.1, -0.05) is 72.3 Å². The number of amides is 1. The van der Waals surface area contributed by atoms with Gasteiger partial charge in [0.15, 0.2) is 0 Å². The molecule has 2 heterocycles. The summed E-state index contributed by atoms with van der Waals surface area (Å²) < 4.78 is 1.36. The number of hydrogen-bond donors (Lipinski definition) is 0. The van der Waals surface area contributed by atoms with Crippen molar-refractivity contribution in [3.8, 4) is 0 Å². The second-order valence-electron chi connectivity index (χ2n) is 8.11. The van der Waals surface area contributed by atoms with Crippen molar-refractivity contribution in [3.05, 3.63) is 106 Å². The highest BCUT2D eigenvalue weighted by atomic mass is 16.2. The van der Waals surface area contributed by atoms with E-state index in [1.165, 1.54) is 22.4 Å². The van der Waals surface area contributed by atoms with E-state index in [0.717, 1.165) is 30.8 Å². The molecule has 0 atom stereocenters. The molecule has 1 fully saturated rings. The SMILES string of the molecule is Cc1ccc(Cn2nc(C(=O)N3CCN(C/C=C/c4ccccc4)CC3)ccc2=O)cc1. The number of piperazine rings is 1. The Labute approximate surface area is 188 Å². The third kappa shape index (κ3) is 5.59. The van der Waals surface area contributed by atoms with Crippen molar-refractivity contribution in [1.82, 2.24) is 19.6 Å². The fourth-order valence-electron chi connectivity index (χ4n) is 3.74. The van der Waals surface area contributed by atoms with E-state index >= 15 is 0 Å². The molecule has 1 aromatic heterocycles. The Balaban J connectivity index is 1.34. The van der Waals surface area contributed by atoms with Crippen LogP contribution in [0.2, 0.25) is 0 Å². The smallest absolute Gasteiger partial charge is 0.274 e. The van der Waals surface area contributed by atoms with Gasteiger partial charge < -0.3 is 4.90 Å². The Morgan fingerprint density at radius 3 is 2.38 bits per heavy atom. The standard InChI is InChI=1S/C26H28N4O2/c1-21-9-11-23(12-10-21)20-30-25(31)14-13-24(27-30)26(32)29-18-16-28(17-19-29)15-5-8-22-6-3-2-4-7-22/h2-14H,15-20H2,1H3/b8-5+. The van der Waals surface area contributed by atoms with Crippen molar-refractivity contribution in [2.45, 2.75) is 13.5 Å². The maximum atomic E-state index is 13.0. The lowest BCUT2D eigenvalue weighted by atomic mass is 10.1. The molecule has 0 radical (unpaired) electrons. The van der Waals surface area contributed by atoms with E-state index in [2.05, 4.69) is 34.3 Å². The molecule has 6 nitrogen and oxygen atoms in total. The Bertz CT molecular complexity index is 1130. The predicted octanol–water partition coefficient (Wildman–Crippen LogP) is 3.07. The van der Waals surface area contributed by atoms with Gasteiger partial charge in [0.05, 0.1) is 6.54 Å². The normalized spacial score (nSPS) is 14.7. The zero-order valence-corrected chi connectivity index (χ0v) is 18.4. The van der Waals surface area contributed by atoms with E-state index in [0.29, 0.717) is 25.3 Å². The van der Waals surface area contributed by atoms with Crippen LogP contribution in [0.15, 0.2) is 77.6 Å². The molecule has 0 N–H and O–H groups in total. The first-order valence-electron chi connectivity index (χ1n) is 11.0. The highest BCUT2D eigenvalue weighted by Crippen LogP contribution is 2.09. The molecule has 0 unspecified atom stereocenters. The molecule has 1 saturated heterocycles. The summed E-state index contributed by atoms with van der Waals surface area (Å²) in [6.07, 6.45) is 4.29. The van der Waals surface area contributed by atoms with Crippen molar-refractivity contribution in [2.75, 3.05) is 32.7 Å². The van der Waals surface area contributed by atoms with Gasteiger partial charge in [0, 0.05) is 38.8 Å². The lowest BCUT2D eigenvalue weighted by Gasteiger charge is -2.34. The molecular formula is C26H28N4O2. The minimum absolute atomic E-state index is 0.123. The second kappa shape index (κ2) is 10.2. The van der Waals surface area contributed by atoms with Crippen molar-refractivity contribution in [2.24, 2.45) is 0 Å². The average Bonchev–Trinajstić information content (AvgIpc) is 2.83. The molecule has 0 bridgehead atoms. The largest absolute Gasteiger partial charge is 0.335 e. The molecule has 0 spiro atoms. The molecule has 2 aromatic carbocycles. The monoisotopic (exact) mass is 428 g/mol. The summed E-state index contributed by atoms with van der Waals surface area (Å²) >= 11 is 0. The summed E-state index contributed by atoms with van der Waals surface area (Å²) in [4.78, 5) is 29.4. The van der Waals surface area contributed by atoms with E-state index in [1.54, 1.807) is 0 Å². The number of aromatic nitrogens is 2. The van der Waals surface area contributed by atoms with Gasteiger partial charge in [0.1, 0.15) is 5.69 Å². The second-order valence-corrected chi connectivity index (χ2v) is 8.11. The van der Waals surface area contributed by atoms with Gasteiger partial charge in [0.2, 0.25) is 0 Å². The minimum atomic E-state index is -0.211. The van der Waals surface area contributed by atoms with Crippen LogP contribution in [0.4, 0.5) is 0 Å². The van der Waals surface area contributed by atoms with Crippen molar-refractivity contribution < 1.29 is 4.79 Å². The predicted molar refractivity (Wildman–Crippen MR) is 127 cm³/mol. The van der Waals surface area contributed by atoms with Gasteiger partial charge in [-0.25, -0.2) is 4.68 Å². The molecule has 3 aromatic rings. The average molecular weight is 429 g/mol. The van der Waals surface area contributed by atoms with E-state index in [1.807, 2.05) is 54.3 Å². The van der Waals surface area contributed by atoms with Gasteiger partial charge in [-0.15, -0.1) is 0 Å². The summed E-state index contributed by atoms with van der Waals surface area (Å²) in [5.41, 5.74) is 3.43. The van der Waals surface area contributed by atoms with Crippen molar-refractivity contribution in [1.29, 1.82) is 0 Å². The topological polar surface area (TPSA) is 58.4 Å². The maximum Gasteiger partial charge on any atom is 0.274 e.